The molecular weight excluding hydrogens is 316 g/mol. The minimum Gasteiger partial charge on any atom is -0.496 e. The van der Waals surface area contributed by atoms with Crippen molar-refractivity contribution in [3.05, 3.63) is 63.1 Å². The van der Waals surface area contributed by atoms with Gasteiger partial charge in [-0.3, -0.25) is 4.79 Å². The van der Waals surface area contributed by atoms with Gasteiger partial charge in [0.15, 0.2) is 5.78 Å². The summed E-state index contributed by atoms with van der Waals surface area (Å²) in [5.41, 5.74) is 4.19. The highest BCUT2D eigenvalue weighted by Crippen LogP contribution is 2.26. The van der Waals surface area contributed by atoms with E-state index in [1.54, 1.807) is 19.2 Å². The molecule has 2 aromatic rings. The van der Waals surface area contributed by atoms with Gasteiger partial charge in [-0.1, -0.05) is 18.2 Å². The highest BCUT2D eigenvalue weighted by atomic mass is 79.9. The van der Waals surface area contributed by atoms with Crippen molar-refractivity contribution in [3.8, 4) is 5.75 Å². The zero-order chi connectivity index (χ0) is 14.7. The molecular formula is C17H17BrO2. The Hall–Kier alpha value is -1.61. The van der Waals surface area contributed by atoms with Crippen molar-refractivity contribution < 1.29 is 9.53 Å². The van der Waals surface area contributed by atoms with Crippen molar-refractivity contribution in [1.29, 1.82) is 0 Å². The summed E-state index contributed by atoms with van der Waals surface area (Å²) in [7, 11) is 1.61. The second kappa shape index (κ2) is 6.23. The van der Waals surface area contributed by atoms with Crippen molar-refractivity contribution in [2.24, 2.45) is 0 Å². The van der Waals surface area contributed by atoms with Crippen LogP contribution in [0.2, 0.25) is 0 Å². The average Bonchev–Trinajstić information content (AvgIpc) is 2.42. The Balaban J connectivity index is 2.19. The summed E-state index contributed by atoms with van der Waals surface area (Å²) in [5, 5.41) is 0. The van der Waals surface area contributed by atoms with Gasteiger partial charge in [-0.15, -0.1) is 0 Å². The smallest absolute Gasteiger partial charge is 0.167 e. The lowest BCUT2D eigenvalue weighted by Gasteiger charge is -2.07. The van der Waals surface area contributed by atoms with E-state index in [9.17, 15) is 4.79 Å². The Kier molecular flexibility index (Phi) is 4.61. The first-order valence-corrected chi connectivity index (χ1v) is 7.23. The highest BCUT2D eigenvalue weighted by Gasteiger charge is 2.10. The Labute approximate surface area is 127 Å². The predicted octanol–water partition coefficient (Wildman–Crippen LogP) is 4.50. The van der Waals surface area contributed by atoms with Gasteiger partial charge in [-0.2, -0.15) is 0 Å². The molecule has 0 fully saturated rings. The number of ether oxygens (including phenoxy) is 1. The van der Waals surface area contributed by atoms with E-state index >= 15 is 0 Å². The van der Waals surface area contributed by atoms with Crippen LogP contribution in [0.5, 0.6) is 5.75 Å². The molecule has 0 saturated carbocycles. The van der Waals surface area contributed by atoms with Crippen LogP contribution in [0.25, 0.3) is 0 Å². The molecule has 0 aliphatic rings. The Morgan fingerprint density at radius 1 is 1.10 bits per heavy atom. The predicted molar refractivity (Wildman–Crippen MR) is 84.6 cm³/mol. The first-order chi connectivity index (χ1) is 9.51. The Morgan fingerprint density at radius 2 is 1.85 bits per heavy atom. The van der Waals surface area contributed by atoms with E-state index in [1.807, 2.05) is 12.1 Å². The maximum absolute atomic E-state index is 12.3. The van der Waals surface area contributed by atoms with Crippen LogP contribution in [0.4, 0.5) is 0 Å². The normalized spacial score (nSPS) is 10.4. The number of hydrogen-bond acceptors (Lipinski definition) is 2. The first kappa shape index (κ1) is 14.8. The Morgan fingerprint density at radius 3 is 2.45 bits per heavy atom. The number of rotatable bonds is 4. The number of aryl methyl sites for hydroxylation is 2. The summed E-state index contributed by atoms with van der Waals surface area (Å²) in [6, 6.07) is 11.6. The molecule has 0 N–H and O–H groups in total. The van der Waals surface area contributed by atoms with Crippen molar-refractivity contribution >= 4 is 21.7 Å². The van der Waals surface area contributed by atoms with Gasteiger partial charge in [0.25, 0.3) is 0 Å². The molecule has 0 amide bonds. The molecule has 0 aromatic heterocycles. The molecule has 0 aliphatic carbocycles. The lowest BCUT2D eigenvalue weighted by atomic mass is 9.99. The summed E-state index contributed by atoms with van der Waals surface area (Å²) in [6.45, 7) is 4.13. The lowest BCUT2D eigenvalue weighted by Crippen LogP contribution is -2.04. The third-order valence-corrected chi connectivity index (χ3v) is 4.03. The number of halogens is 1. The lowest BCUT2D eigenvalue weighted by molar-refractivity contribution is 0.0993. The minimum absolute atomic E-state index is 0.108. The molecule has 0 radical (unpaired) electrons. The second-order valence-electron chi connectivity index (χ2n) is 4.87. The zero-order valence-corrected chi connectivity index (χ0v) is 13.5. The molecule has 2 nitrogen and oxygen atoms in total. The third kappa shape index (κ3) is 3.28. The molecule has 2 aromatic carbocycles. The van der Waals surface area contributed by atoms with Gasteiger partial charge in [0.05, 0.1) is 11.6 Å². The van der Waals surface area contributed by atoms with Gasteiger partial charge >= 0.3 is 0 Å². The van der Waals surface area contributed by atoms with Gasteiger partial charge in [0.2, 0.25) is 0 Å². The number of hydrogen-bond donors (Lipinski definition) is 0. The molecule has 0 spiro atoms. The molecule has 104 valence electrons. The average molecular weight is 333 g/mol. The monoisotopic (exact) mass is 332 g/mol. The van der Waals surface area contributed by atoms with Crippen LogP contribution in [-0.2, 0) is 6.42 Å². The van der Waals surface area contributed by atoms with Gasteiger partial charge < -0.3 is 4.74 Å². The summed E-state index contributed by atoms with van der Waals surface area (Å²) < 4.78 is 5.97. The van der Waals surface area contributed by atoms with Gasteiger partial charge in [-0.25, -0.2) is 0 Å². The first-order valence-electron chi connectivity index (χ1n) is 6.44. The summed E-state index contributed by atoms with van der Waals surface area (Å²) in [5.74, 6) is 0.837. The van der Waals surface area contributed by atoms with E-state index in [2.05, 4.69) is 41.9 Å². The van der Waals surface area contributed by atoms with E-state index in [-0.39, 0.29) is 5.78 Å². The van der Waals surface area contributed by atoms with Crippen molar-refractivity contribution in [3.63, 3.8) is 0 Å². The summed E-state index contributed by atoms with van der Waals surface area (Å²) in [6.07, 6.45) is 0.417. The van der Waals surface area contributed by atoms with Crippen LogP contribution in [0.1, 0.15) is 27.0 Å². The number of Topliss-reactive ketones (excluding diaryl/α,β-unsaturated/α-hetero) is 1. The number of methoxy groups -OCH3 is 1. The topological polar surface area (TPSA) is 26.3 Å². The number of carbonyl (C=O) groups is 1. The van der Waals surface area contributed by atoms with Crippen LogP contribution < -0.4 is 4.74 Å². The molecule has 0 atom stereocenters. The van der Waals surface area contributed by atoms with Crippen LogP contribution in [0.3, 0.4) is 0 Å². The SMILES string of the molecule is COc1ccc(C(=O)Cc2ccc(C)c(C)c2)cc1Br. The third-order valence-electron chi connectivity index (χ3n) is 3.41. The standard InChI is InChI=1S/C17H17BrO2/c1-11-4-5-13(8-12(11)2)9-16(19)14-6-7-17(20-3)15(18)10-14/h4-8,10H,9H2,1-3H3. The van der Waals surface area contributed by atoms with Gasteiger partial charge in [-0.05, 0) is 64.7 Å². The number of ketones is 1. The molecule has 0 bridgehead atoms. The van der Waals surface area contributed by atoms with Gasteiger partial charge in [0, 0.05) is 12.0 Å². The molecule has 20 heavy (non-hydrogen) atoms. The van der Waals surface area contributed by atoms with Crippen LogP contribution in [0, 0.1) is 13.8 Å². The molecule has 3 heteroatoms. The largest absolute Gasteiger partial charge is 0.496 e. The number of carbonyl (C=O) groups excluding carboxylic acids is 1. The van der Waals surface area contributed by atoms with E-state index in [0.29, 0.717) is 12.0 Å². The summed E-state index contributed by atoms with van der Waals surface area (Å²) in [4.78, 5) is 12.3. The van der Waals surface area contributed by atoms with E-state index < -0.39 is 0 Å². The zero-order valence-electron chi connectivity index (χ0n) is 11.9. The van der Waals surface area contributed by atoms with E-state index in [1.165, 1.54) is 11.1 Å². The van der Waals surface area contributed by atoms with Crippen LogP contribution in [0.15, 0.2) is 40.9 Å². The van der Waals surface area contributed by atoms with Gasteiger partial charge in [0.1, 0.15) is 5.75 Å². The maximum Gasteiger partial charge on any atom is 0.167 e. The van der Waals surface area contributed by atoms with E-state index in [4.69, 9.17) is 4.74 Å². The molecule has 0 unspecified atom stereocenters. The molecule has 0 heterocycles. The van der Waals surface area contributed by atoms with Crippen molar-refractivity contribution in [2.45, 2.75) is 20.3 Å². The second-order valence-corrected chi connectivity index (χ2v) is 5.72. The quantitative estimate of drug-likeness (QED) is 0.770. The van der Waals surface area contributed by atoms with Crippen molar-refractivity contribution in [1.82, 2.24) is 0 Å². The number of benzene rings is 2. The van der Waals surface area contributed by atoms with Crippen molar-refractivity contribution in [2.75, 3.05) is 7.11 Å². The Bertz CT molecular complexity index is 647. The van der Waals surface area contributed by atoms with Crippen LogP contribution in [-0.4, -0.2) is 12.9 Å². The fourth-order valence-electron chi connectivity index (χ4n) is 2.04. The fraction of sp³-hybridized carbons (Fsp3) is 0.235. The molecule has 2 rings (SSSR count). The molecule has 0 saturated heterocycles. The van der Waals surface area contributed by atoms with E-state index in [0.717, 1.165) is 15.8 Å². The summed E-state index contributed by atoms with van der Waals surface area (Å²) >= 11 is 3.40. The fourth-order valence-corrected chi connectivity index (χ4v) is 2.58. The minimum atomic E-state index is 0.108. The molecule has 0 aliphatic heterocycles. The maximum atomic E-state index is 12.3. The van der Waals surface area contributed by atoms with Crippen LogP contribution >= 0.6 is 15.9 Å². The highest BCUT2D eigenvalue weighted by molar-refractivity contribution is 9.10.